The molecule has 166 valence electrons. The van der Waals surface area contributed by atoms with Gasteiger partial charge in [0.2, 0.25) is 5.88 Å². The third-order valence-electron chi connectivity index (χ3n) is 4.91. The Balaban J connectivity index is 1.98. The summed E-state index contributed by atoms with van der Waals surface area (Å²) in [7, 11) is 1.47. The molecule has 7 nitrogen and oxygen atoms in total. The Bertz CT molecular complexity index is 1130. The average molecular weight is 438 g/mol. The molecule has 1 heterocycles. The maximum atomic E-state index is 13.4. The topological polar surface area (TPSA) is 104 Å². The Hall–Kier alpha value is -3.99. The van der Waals surface area contributed by atoms with E-state index in [0.29, 0.717) is 22.6 Å². The molecule has 0 spiro atoms. The zero-order valence-corrected chi connectivity index (χ0v) is 18.0. The molecule has 1 aliphatic heterocycles. The summed E-state index contributed by atoms with van der Waals surface area (Å²) < 4.78 is 35.3. The monoisotopic (exact) mass is 438 g/mol. The van der Waals surface area contributed by atoms with E-state index in [2.05, 4.69) is 0 Å². The summed E-state index contributed by atoms with van der Waals surface area (Å²) in [5.41, 5.74) is 7.44. The lowest BCUT2D eigenvalue weighted by molar-refractivity contribution is -0.139. The standard InChI is InChI=1S/C24H23FN2O5/c1-4-30-24(28)21-14(2)32-23(27)18(12-26)22(21)16-8-9-19(20(11-16)29-3)31-13-15-6-5-7-17(25)10-15/h5-11,22H,4,13,27H2,1-3H3/t22-/m0/s1. The molecule has 8 heteroatoms. The predicted octanol–water partition coefficient (Wildman–Crippen LogP) is 4.06. The van der Waals surface area contributed by atoms with Gasteiger partial charge >= 0.3 is 5.97 Å². The van der Waals surface area contributed by atoms with Gasteiger partial charge < -0.3 is 24.7 Å². The second-order valence-electron chi connectivity index (χ2n) is 6.94. The molecule has 1 atom stereocenters. The van der Waals surface area contributed by atoms with Gasteiger partial charge in [0.1, 0.15) is 29.8 Å². The highest BCUT2D eigenvalue weighted by Crippen LogP contribution is 2.42. The number of benzene rings is 2. The second kappa shape index (κ2) is 9.88. The van der Waals surface area contributed by atoms with E-state index in [1.165, 1.54) is 19.2 Å². The first kappa shape index (κ1) is 22.7. The van der Waals surface area contributed by atoms with Gasteiger partial charge in [-0.1, -0.05) is 18.2 Å². The number of ether oxygens (including phenoxy) is 4. The largest absolute Gasteiger partial charge is 0.493 e. The molecule has 3 rings (SSSR count). The van der Waals surface area contributed by atoms with Crippen molar-refractivity contribution in [2.45, 2.75) is 26.4 Å². The molecule has 0 amide bonds. The summed E-state index contributed by atoms with van der Waals surface area (Å²) in [6, 6.07) is 13.1. The second-order valence-corrected chi connectivity index (χ2v) is 6.94. The Morgan fingerprint density at radius 1 is 1.25 bits per heavy atom. The Kier molecular flexibility index (Phi) is 7.00. The molecule has 32 heavy (non-hydrogen) atoms. The number of nitrogens with zero attached hydrogens (tertiary/aromatic N) is 1. The minimum absolute atomic E-state index is 0.0755. The number of allylic oxidation sites excluding steroid dienone is 2. The fourth-order valence-electron chi connectivity index (χ4n) is 3.46. The van der Waals surface area contributed by atoms with Crippen molar-refractivity contribution in [3.8, 4) is 17.6 Å². The van der Waals surface area contributed by atoms with Crippen LogP contribution in [0.1, 0.15) is 30.9 Å². The number of rotatable bonds is 7. The number of esters is 1. The van der Waals surface area contributed by atoms with Gasteiger partial charge in [-0.3, -0.25) is 0 Å². The molecule has 2 aromatic carbocycles. The van der Waals surface area contributed by atoms with Crippen molar-refractivity contribution in [3.05, 3.63) is 82.2 Å². The van der Waals surface area contributed by atoms with E-state index in [1.807, 2.05) is 6.07 Å². The van der Waals surface area contributed by atoms with Crippen molar-refractivity contribution in [1.29, 1.82) is 5.26 Å². The summed E-state index contributed by atoms with van der Waals surface area (Å²) in [6.07, 6.45) is 0. The number of carbonyl (C=O) groups excluding carboxylic acids is 1. The zero-order chi connectivity index (χ0) is 23.3. The van der Waals surface area contributed by atoms with E-state index in [0.717, 1.165) is 0 Å². The van der Waals surface area contributed by atoms with Crippen LogP contribution in [0.25, 0.3) is 0 Å². The van der Waals surface area contributed by atoms with E-state index >= 15 is 0 Å². The molecule has 0 saturated heterocycles. The van der Waals surface area contributed by atoms with Crippen molar-refractivity contribution in [1.82, 2.24) is 0 Å². The van der Waals surface area contributed by atoms with Crippen LogP contribution in [0.3, 0.4) is 0 Å². The van der Waals surface area contributed by atoms with E-state index in [-0.39, 0.29) is 41.8 Å². The van der Waals surface area contributed by atoms with Gasteiger partial charge in [-0.25, -0.2) is 9.18 Å². The first-order valence-electron chi connectivity index (χ1n) is 9.90. The molecule has 0 fully saturated rings. The highest BCUT2D eigenvalue weighted by Gasteiger charge is 2.36. The van der Waals surface area contributed by atoms with E-state index in [4.69, 9.17) is 24.7 Å². The smallest absolute Gasteiger partial charge is 0.338 e. The SMILES string of the molecule is CCOC(=O)C1=C(C)OC(N)=C(C#N)[C@@H]1c1ccc(OCc2cccc(F)c2)c(OC)c1. The maximum absolute atomic E-state index is 13.4. The number of nitrogens with two attached hydrogens (primary N) is 1. The van der Waals surface area contributed by atoms with E-state index in [1.54, 1.807) is 44.2 Å². The lowest BCUT2D eigenvalue weighted by atomic mass is 9.83. The van der Waals surface area contributed by atoms with Crippen molar-refractivity contribution < 1.29 is 28.1 Å². The van der Waals surface area contributed by atoms with Crippen LogP contribution in [-0.4, -0.2) is 19.7 Å². The number of nitriles is 1. The van der Waals surface area contributed by atoms with Crippen LogP contribution in [0.2, 0.25) is 0 Å². The number of hydrogen-bond donors (Lipinski definition) is 1. The number of methoxy groups -OCH3 is 1. The molecule has 0 aliphatic carbocycles. The Morgan fingerprint density at radius 2 is 2.03 bits per heavy atom. The molecular weight excluding hydrogens is 415 g/mol. The third-order valence-corrected chi connectivity index (χ3v) is 4.91. The van der Waals surface area contributed by atoms with Gasteiger partial charge in [-0.15, -0.1) is 0 Å². The summed E-state index contributed by atoms with van der Waals surface area (Å²) in [6.45, 7) is 3.58. The molecule has 0 aromatic heterocycles. The fraction of sp³-hybridized carbons (Fsp3) is 0.250. The van der Waals surface area contributed by atoms with Crippen LogP contribution in [0.4, 0.5) is 4.39 Å². The summed E-state index contributed by atoms with van der Waals surface area (Å²) in [5, 5.41) is 9.69. The highest BCUT2D eigenvalue weighted by molar-refractivity contribution is 5.92. The highest BCUT2D eigenvalue weighted by atomic mass is 19.1. The predicted molar refractivity (Wildman–Crippen MR) is 114 cm³/mol. The summed E-state index contributed by atoms with van der Waals surface area (Å²) >= 11 is 0. The fourth-order valence-corrected chi connectivity index (χ4v) is 3.46. The molecule has 2 aromatic rings. The van der Waals surface area contributed by atoms with Gasteiger partial charge in [-0.05, 0) is 49.2 Å². The molecule has 0 unspecified atom stereocenters. The van der Waals surface area contributed by atoms with Crippen LogP contribution >= 0.6 is 0 Å². The summed E-state index contributed by atoms with van der Waals surface area (Å²) in [4.78, 5) is 12.6. The molecular formula is C24H23FN2O5. The van der Waals surface area contributed by atoms with E-state index in [9.17, 15) is 14.4 Å². The normalized spacial score (nSPS) is 15.7. The first-order chi connectivity index (χ1) is 15.4. The number of hydrogen-bond acceptors (Lipinski definition) is 7. The number of halogens is 1. The van der Waals surface area contributed by atoms with E-state index < -0.39 is 11.9 Å². The minimum atomic E-state index is -0.793. The lowest BCUT2D eigenvalue weighted by Gasteiger charge is -2.27. The summed E-state index contributed by atoms with van der Waals surface area (Å²) in [5.74, 6) is -0.762. The van der Waals surface area contributed by atoms with Crippen molar-refractivity contribution in [2.24, 2.45) is 5.73 Å². The van der Waals surface area contributed by atoms with Crippen LogP contribution in [0, 0.1) is 17.1 Å². The Labute approximate surface area is 185 Å². The quantitative estimate of drug-likeness (QED) is 0.650. The Morgan fingerprint density at radius 3 is 2.69 bits per heavy atom. The minimum Gasteiger partial charge on any atom is -0.493 e. The van der Waals surface area contributed by atoms with Crippen molar-refractivity contribution in [3.63, 3.8) is 0 Å². The maximum Gasteiger partial charge on any atom is 0.338 e. The van der Waals surface area contributed by atoms with Crippen LogP contribution in [-0.2, 0) is 20.9 Å². The van der Waals surface area contributed by atoms with Gasteiger partial charge in [0, 0.05) is 0 Å². The van der Waals surface area contributed by atoms with Gasteiger partial charge in [0.25, 0.3) is 0 Å². The lowest BCUT2D eigenvalue weighted by Crippen LogP contribution is -2.25. The van der Waals surface area contributed by atoms with Crippen LogP contribution in [0.15, 0.2) is 65.3 Å². The van der Waals surface area contributed by atoms with Gasteiger partial charge in [0.15, 0.2) is 11.5 Å². The van der Waals surface area contributed by atoms with Crippen LogP contribution in [0.5, 0.6) is 11.5 Å². The average Bonchev–Trinajstić information content (AvgIpc) is 2.77. The molecule has 2 N–H and O–H groups in total. The van der Waals surface area contributed by atoms with Crippen molar-refractivity contribution in [2.75, 3.05) is 13.7 Å². The van der Waals surface area contributed by atoms with Crippen LogP contribution < -0.4 is 15.2 Å². The van der Waals surface area contributed by atoms with Gasteiger partial charge in [-0.2, -0.15) is 5.26 Å². The molecule has 1 aliphatic rings. The van der Waals surface area contributed by atoms with Crippen molar-refractivity contribution >= 4 is 5.97 Å². The molecule has 0 radical (unpaired) electrons. The molecule has 0 saturated carbocycles. The first-order valence-corrected chi connectivity index (χ1v) is 9.90. The number of carbonyl (C=O) groups is 1. The third kappa shape index (κ3) is 4.67. The zero-order valence-electron chi connectivity index (χ0n) is 18.0. The van der Waals surface area contributed by atoms with Gasteiger partial charge in [0.05, 0.1) is 25.2 Å². The molecule has 0 bridgehead atoms.